The van der Waals surface area contributed by atoms with E-state index >= 15 is 0 Å². The van der Waals surface area contributed by atoms with Crippen LogP contribution in [0, 0.1) is 17.0 Å². The van der Waals surface area contributed by atoms with Gasteiger partial charge in [-0.15, -0.1) is 0 Å². The van der Waals surface area contributed by atoms with E-state index in [1.54, 1.807) is 18.2 Å². The van der Waals surface area contributed by atoms with Crippen molar-refractivity contribution < 1.29 is 10.0 Å². The number of rotatable bonds is 4. The first kappa shape index (κ1) is 21.5. The van der Waals surface area contributed by atoms with Gasteiger partial charge in [0.05, 0.1) is 4.92 Å². The van der Waals surface area contributed by atoms with Crippen LogP contribution in [0.1, 0.15) is 40.9 Å². The van der Waals surface area contributed by atoms with Crippen LogP contribution in [0.3, 0.4) is 0 Å². The van der Waals surface area contributed by atoms with Crippen molar-refractivity contribution in [3.63, 3.8) is 0 Å². The molecule has 8 heteroatoms. The second kappa shape index (κ2) is 8.78. The molecule has 0 saturated heterocycles. The molecule has 6 nitrogen and oxygen atoms in total. The average molecular weight is 501 g/mol. The van der Waals surface area contributed by atoms with Crippen LogP contribution in [0.2, 0.25) is 5.02 Å². The quantitative estimate of drug-likeness (QED) is 0.327. The first-order chi connectivity index (χ1) is 14.8. The van der Waals surface area contributed by atoms with Gasteiger partial charge in [0.15, 0.2) is 0 Å². The standard InChI is InChI=1S/C23H19BrClN3O3/c1-13-2-4-14(5-3-13)19-12-20(17-11-16(24)7-9-22(17)29)27-23(26-19)15-6-8-18(25)21(10-15)28(30)31/h2-11,20,23,27,29H,12H2,1H3/t20-,23+/m0/s1. The van der Waals surface area contributed by atoms with Crippen LogP contribution < -0.4 is 5.32 Å². The van der Waals surface area contributed by atoms with Crippen molar-refractivity contribution in [3.05, 3.63) is 103 Å². The molecule has 0 aliphatic carbocycles. The van der Waals surface area contributed by atoms with Gasteiger partial charge in [0.25, 0.3) is 5.69 Å². The number of aliphatic imine (C=N–C) groups is 1. The van der Waals surface area contributed by atoms with Gasteiger partial charge in [0.1, 0.15) is 16.9 Å². The van der Waals surface area contributed by atoms with Crippen molar-refractivity contribution in [3.8, 4) is 5.75 Å². The molecule has 0 spiro atoms. The maximum atomic E-state index is 11.4. The molecule has 1 aliphatic heterocycles. The fourth-order valence-corrected chi connectivity index (χ4v) is 4.21. The highest BCUT2D eigenvalue weighted by atomic mass is 79.9. The number of benzene rings is 3. The van der Waals surface area contributed by atoms with E-state index in [4.69, 9.17) is 16.6 Å². The summed E-state index contributed by atoms with van der Waals surface area (Å²) in [4.78, 5) is 15.7. The Morgan fingerprint density at radius 1 is 1.16 bits per heavy atom. The molecule has 0 aromatic heterocycles. The number of aryl methyl sites for hydroxylation is 1. The van der Waals surface area contributed by atoms with Crippen LogP contribution in [-0.4, -0.2) is 15.7 Å². The fraction of sp³-hybridized carbons (Fsp3) is 0.174. The SMILES string of the molecule is Cc1ccc(C2=N[C@@H](c3ccc(Cl)c([N+](=O)[O-])c3)N[C@H](c3cc(Br)ccc3O)C2)cc1. The van der Waals surface area contributed by atoms with Crippen molar-refractivity contribution in [2.24, 2.45) is 4.99 Å². The van der Waals surface area contributed by atoms with E-state index < -0.39 is 11.1 Å². The van der Waals surface area contributed by atoms with E-state index in [1.807, 2.05) is 37.3 Å². The highest BCUT2D eigenvalue weighted by Crippen LogP contribution is 2.37. The van der Waals surface area contributed by atoms with Crippen molar-refractivity contribution in [2.45, 2.75) is 25.6 Å². The lowest BCUT2D eigenvalue weighted by molar-refractivity contribution is -0.384. The van der Waals surface area contributed by atoms with Crippen molar-refractivity contribution in [2.75, 3.05) is 0 Å². The smallest absolute Gasteiger partial charge is 0.288 e. The summed E-state index contributed by atoms with van der Waals surface area (Å²) in [5.41, 5.74) is 4.15. The molecule has 0 amide bonds. The van der Waals surface area contributed by atoms with Crippen LogP contribution in [0.15, 0.2) is 70.1 Å². The van der Waals surface area contributed by atoms with Gasteiger partial charge < -0.3 is 5.11 Å². The number of phenols is 1. The topological polar surface area (TPSA) is 87.8 Å². The molecule has 3 aromatic carbocycles. The lowest BCUT2D eigenvalue weighted by Crippen LogP contribution is -2.33. The Kier molecular flexibility index (Phi) is 6.09. The Morgan fingerprint density at radius 2 is 1.90 bits per heavy atom. The maximum Gasteiger partial charge on any atom is 0.288 e. The fourth-order valence-electron chi connectivity index (χ4n) is 3.64. The maximum absolute atomic E-state index is 11.4. The van der Waals surface area contributed by atoms with Crippen LogP contribution >= 0.6 is 27.5 Å². The van der Waals surface area contributed by atoms with E-state index in [0.717, 1.165) is 26.9 Å². The Labute approximate surface area is 192 Å². The van der Waals surface area contributed by atoms with Crippen LogP contribution in [0.25, 0.3) is 0 Å². The van der Waals surface area contributed by atoms with Gasteiger partial charge in [0.2, 0.25) is 0 Å². The van der Waals surface area contributed by atoms with Gasteiger partial charge in [0, 0.05) is 34.3 Å². The molecule has 2 N–H and O–H groups in total. The van der Waals surface area contributed by atoms with E-state index in [0.29, 0.717) is 12.0 Å². The summed E-state index contributed by atoms with van der Waals surface area (Å²) < 4.78 is 0.847. The molecule has 0 saturated carbocycles. The molecule has 0 fully saturated rings. The number of hydrogen-bond donors (Lipinski definition) is 2. The summed E-state index contributed by atoms with van der Waals surface area (Å²) in [5.74, 6) is 0.173. The van der Waals surface area contributed by atoms with Gasteiger partial charge in [-0.2, -0.15) is 0 Å². The zero-order chi connectivity index (χ0) is 22.1. The average Bonchev–Trinajstić information content (AvgIpc) is 2.75. The largest absolute Gasteiger partial charge is 0.508 e. The van der Waals surface area contributed by atoms with Crippen molar-refractivity contribution in [1.29, 1.82) is 0 Å². The van der Waals surface area contributed by atoms with Gasteiger partial charge in [-0.25, -0.2) is 0 Å². The predicted molar refractivity (Wildman–Crippen MR) is 125 cm³/mol. The third-order valence-corrected chi connectivity index (χ3v) is 6.09. The normalized spacial score (nSPS) is 18.5. The monoisotopic (exact) mass is 499 g/mol. The van der Waals surface area contributed by atoms with Gasteiger partial charge >= 0.3 is 0 Å². The number of phenolic OH excluding ortho intramolecular Hbond substituents is 1. The number of nitro groups is 1. The zero-order valence-corrected chi connectivity index (χ0v) is 18.9. The molecule has 3 aromatic rings. The molecule has 4 rings (SSSR count). The Morgan fingerprint density at radius 3 is 2.61 bits per heavy atom. The molecular weight excluding hydrogens is 482 g/mol. The highest BCUT2D eigenvalue weighted by molar-refractivity contribution is 9.10. The van der Waals surface area contributed by atoms with Crippen LogP contribution in [0.4, 0.5) is 5.69 Å². The first-order valence-corrected chi connectivity index (χ1v) is 10.8. The first-order valence-electron chi connectivity index (χ1n) is 9.64. The minimum absolute atomic E-state index is 0.0773. The summed E-state index contributed by atoms with van der Waals surface area (Å²) in [7, 11) is 0. The number of nitrogens with one attached hydrogen (secondary N) is 1. The second-order valence-electron chi connectivity index (χ2n) is 7.44. The second-order valence-corrected chi connectivity index (χ2v) is 8.76. The molecule has 2 atom stereocenters. The minimum Gasteiger partial charge on any atom is -0.508 e. The molecule has 0 radical (unpaired) electrons. The highest BCUT2D eigenvalue weighted by Gasteiger charge is 2.29. The van der Waals surface area contributed by atoms with E-state index in [9.17, 15) is 15.2 Å². The molecule has 1 heterocycles. The summed E-state index contributed by atoms with van der Waals surface area (Å²) in [6.07, 6.45) is 0.0172. The summed E-state index contributed by atoms with van der Waals surface area (Å²) >= 11 is 9.46. The number of halogens is 2. The lowest BCUT2D eigenvalue weighted by atomic mass is 9.93. The Balaban J connectivity index is 1.80. The van der Waals surface area contributed by atoms with Gasteiger partial charge in [-0.05, 0) is 42.3 Å². The number of hydrogen-bond acceptors (Lipinski definition) is 5. The van der Waals surface area contributed by atoms with E-state index in [-0.39, 0.29) is 22.5 Å². The molecule has 0 unspecified atom stereocenters. The summed E-state index contributed by atoms with van der Waals surface area (Å²) in [6.45, 7) is 2.02. The van der Waals surface area contributed by atoms with E-state index in [2.05, 4.69) is 21.2 Å². The van der Waals surface area contributed by atoms with Gasteiger partial charge in [-0.1, -0.05) is 63.4 Å². The predicted octanol–water partition coefficient (Wildman–Crippen LogP) is 6.25. The molecular formula is C23H19BrClN3O3. The molecule has 0 bridgehead atoms. The van der Waals surface area contributed by atoms with Crippen molar-refractivity contribution in [1.82, 2.24) is 5.32 Å². The number of aromatic hydroxyl groups is 1. The van der Waals surface area contributed by atoms with Crippen LogP contribution in [-0.2, 0) is 0 Å². The summed E-state index contributed by atoms with van der Waals surface area (Å²) in [6, 6.07) is 17.8. The zero-order valence-electron chi connectivity index (χ0n) is 16.5. The molecule has 31 heavy (non-hydrogen) atoms. The number of nitro benzene ring substituents is 1. The lowest BCUT2D eigenvalue weighted by Gasteiger charge is -2.31. The molecule has 158 valence electrons. The van der Waals surface area contributed by atoms with E-state index in [1.165, 1.54) is 12.1 Å². The Hall–Kier alpha value is -2.74. The summed E-state index contributed by atoms with van der Waals surface area (Å²) in [5, 5.41) is 25.3. The van der Waals surface area contributed by atoms with Crippen LogP contribution in [0.5, 0.6) is 5.75 Å². The van der Waals surface area contributed by atoms with Gasteiger partial charge in [-0.3, -0.25) is 20.4 Å². The minimum atomic E-state index is -0.538. The number of nitrogens with zero attached hydrogens (tertiary/aromatic N) is 2. The third kappa shape index (κ3) is 4.63. The molecule has 1 aliphatic rings. The van der Waals surface area contributed by atoms with Crippen molar-refractivity contribution >= 4 is 38.9 Å². The Bertz CT molecular complexity index is 1180. The third-order valence-electron chi connectivity index (χ3n) is 5.27.